The SMILES string of the molecule is O=S(=O)(c1ccc2ccccc2c1)N1CCC(CN2CCC(c3noc4cc(F)ccc34)CC2)CC1. The first kappa shape index (κ1) is 23.6. The van der Waals surface area contributed by atoms with Gasteiger partial charge in [-0.15, -0.1) is 0 Å². The van der Waals surface area contributed by atoms with Crippen LogP contribution in [0.25, 0.3) is 21.7 Å². The number of aromatic nitrogens is 1. The van der Waals surface area contributed by atoms with Crippen LogP contribution in [0.4, 0.5) is 4.39 Å². The maximum Gasteiger partial charge on any atom is 0.243 e. The molecule has 2 aliphatic heterocycles. The van der Waals surface area contributed by atoms with E-state index in [0.29, 0.717) is 35.4 Å². The van der Waals surface area contributed by atoms with E-state index in [0.717, 1.165) is 67.2 Å². The van der Waals surface area contributed by atoms with Crippen molar-refractivity contribution in [3.8, 4) is 0 Å². The van der Waals surface area contributed by atoms with Crippen LogP contribution < -0.4 is 0 Å². The van der Waals surface area contributed by atoms with E-state index in [-0.39, 0.29) is 5.82 Å². The molecule has 6 nitrogen and oxygen atoms in total. The van der Waals surface area contributed by atoms with Gasteiger partial charge in [0.05, 0.1) is 10.6 Å². The van der Waals surface area contributed by atoms with Gasteiger partial charge in [0.2, 0.25) is 10.0 Å². The van der Waals surface area contributed by atoms with Crippen LogP contribution in [-0.4, -0.2) is 55.5 Å². The van der Waals surface area contributed by atoms with Gasteiger partial charge >= 0.3 is 0 Å². The van der Waals surface area contributed by atoms with Gasteiger partial charge in [0.25, 0.3) is 0 Å². The summed E-state index contributed by atoms with van der Waals surface area (Å²) in [6.45, 7) is 4.10. The van der Waals surface area contributed by atoms with Crippen molar-refractivity contribution in [2.45, 2.75) is 36.5 Å². The standard InChI is InChI=1S/C28H30FN3O3S/c29-24-6-8-26-27(18-24)35-30-28(26)22-11-13-31(14-12-22)19-20-9-15-32(16-10-20)36(33,34)25-7-5-21-3-1-2-4-23(21)17-25/h1-8,17-18,20,22H,9-16,19H2. The highest BCUT2D eigenvalue weighted by molar-refractivity contribution is 7.89. The fourth-order valence-corrected chi connectivity index (χ4v) is 7.29. The number of nitrogens with zero attached hydrogens (tertiary/aromatic N) is 3. The maximum absolute atomic E-state index is 13.5. The molecule has 36 heavy (non-hydrogen) atoms. The summed E-state index contributed by atoms with van der Waals surface area (Å²) in [5.41, 5.74) is 1.45. The maximum atomic E-state index is 13.5. The van der Waals surface area contributed by atoms with Crippen LogP contribution in [0, 0.1) is 11.7 Å². The normalized spacial score (nSPS) is 19.4. The lowest BCUT2D eigenvalue weighted by atomic mass is 9.90. The summed E-state index contributed by atoms with van der Waals surface area (Å²) in [4.78, 5) is 2.88. The van der Waals surface area contributed by atoms with Crippen molar-refractivity contribution in [2.24, 2.45) is 5.92 Å². The number of sulfonamides is 1. The van der Waals surface area contributed by atoms with Crippen molar-refractivity contribution in [3.63, 3.8) is 0 Å². The summed E-state index contributed by atoms with van der Waals surface area (Å²) in [6, 6.07) is 17.9. The topological polar surface area (TPSA) is 66.7 Å². The summed E-state index contributed by atoms with van der Waals surface area (Å²) in [7, 11) is -3.48. The lowest BCUT2D eigenvalue weighted by Gasteiger charge is -2.37. The third-order valence-corrected chi connectivity index (χ3v) is 9.78. The monoisotopic (exact) mass is 507 g/mol. The molecular formula is C28H30FN3O3S. The largest absolute Gasteiger partial charge is 0.356 e. The van der Waals surface area contributed by atoms with Crippen LogP contribution in [0.5, 0.6) is 0 Å². The molecule has 0 aliphatic carbocycles. The molecule has 0 radical (unpaired) electrons. The second-order valence-corrected chi connectivity index (χ2v) is 12.1. The molecule has 2 fully saturated rings. The van der Waals surface area contributed by atoms with Crippen molar-refractivity contribution < 1.29 is 17.3 Å². The first-order valence-electron chi connectivity index (χ1n) is 12.7. The van der Waals surface area contributed by atoms with Gasteiger partial charge in [0.1, 0.15) is 5.82 Å². The average Bonchev–Trinajstić information content (AvgIpc) is 3.32. The first-order valence-corrected chi connectivity index (χ1v) is 14.2. The summed E-state index contributed by atoms with van der Waals surface area (Å²) in [6.07, 6.45) is 3.75. The predicted molar refractivity (Wildman–Crippen MR) is 138 cm³/mol. The highest BCUT2D eigenvalue weighted by Crippen LogP contribution is 2.34. The quantitative estimate of drug-likeness (QED) is 0.362. The highest BCUT2D eigenvalue weighted by atomic mass is 32.2. The first-order chi connectivity index (χ1) is 17.5. The van der Waals surface area contributed by atoms with Crippen molar-refractivity contribution in [1.29, 1.82) is 0 Å². The number of piperidine rings is 2. The Kier molecular flexibility index (Phi) is 6.27. The lowest BCUT2D eigenvalue weighted by molar-refractivity contribution is 0.152. The van der Waals surface area contributed by atoms with E-state index in [1.165, 1.54) is 12.1 Å². The summed E-state index contributed by atoms with van der Waals surface area (Å²) >= 11 is 0. The van der Waals surface area contributed by atoms with E-state index in [1.807, 2.05) is 30.3 Å². The molecule has 0 bridgehead atoms. The number of likely N-dealkylation sites (tertiary alicyclic amines) is 1. The molecule has 0 atom stereocenters. The molecule has 6 rings (SSSR count). The molecule has 3 heterocycles. The minimum absolute atomic E-state index is 0.309. The molecule has 8 heteroatoms. The molecule has 0 unspecified atom stereocenters. The van der Waals surface area contributed by atoms with Gasteiger partial charge in [-0.3, -0.25) is 0 Å². The van der Waals surface area contributed by atoms with Crippen molar-refractivity contribution in [3.05, 3.63) is 72.2 Å². The number of hydrogen-bond donors (Lipinski definition) is 0. The summed E-state index contributed by atoms with van der Waals surface area (Å²) in [5.74, 6) is 0.512. The Bertz CT molecular complexity index is 1490. The summed E-state index contributed by atoms with van der Waals surface area (Å²) in [5, 5.41) is 7.16. The van der Waals surface area contributed by atoms with Crippen LogP contribution in [0.2, 0.25) is 0 Å². The van der Waals surface area contributed by atoms with E-state index in [9.17, 15) is 12.8 Å². The Morgan fingerprint density at radius 2 is 1.64 bits per heavy atom. The van der Waals surface area contributed by atoms with Gasteiger partial charge in [0, 0.05) is 37.0 Å². The van der Waals surface area contributed by atoms with E-state index in [4.69, 9.17) is 4.52 Å². The molecule has 0 amide bonds. The highest BCUT2D eigenvalue weighted by Gasteiger charge is 2.31. The second-order valence-electron chi connectivity index (χ2n) is 10.1. The zero-order valence-corrected chi connectivity index (χ0v) is 21.0. The Labute approximate surface area is 210 Å². The van der Waals surface area contributed by atoms with Gasteiger partial charge < -0.3 is 9.42 Å². The van der Waals surface area contributed by atoms with Crippen LogP contribution in [0.1, 0.15) is 37.3 Å². The van der Waals surface area contributed by atoms with Gasteiger partial charge in [-0.1, -0.05) is 35.5 Å². The molecule has 2 aliphatic rings. The van der Waals surface area contributed by atoms with E-state index >= 15 is 0 Å². The van der Waals surface area contributed by atoms with Crippen LogP contribution in [0.15, 0.2) is 70.1 Å². The van der Waals surface area contributed by atoms with Crippen LogP contribution >= 0.6 is 0 Å². The van der Waals surface area contributed by atoms with Gasteiger partial charge in [-0.25, -0.2) is 12.8 Å². The van der Waals surface area contributed by atoms with Crippen molar-refractivity contribution >= 4 is 31.8 Å². The third kappa shape index (κ3) is 4.53. The smallest absolute Gasteiger partial charge is 0.243 e. The molecule has 4 aromatic rings. The van der Waals surface area contributed by atoms with Gasteiger partial charge in [-0.2, -0.15) is 4.31 Å². The molecular weight excluding hydrogens is 477 g/mol. The van der Waals surface area contributed by atoms with E-state index in [2.05, 4.69) is 10.1 Å². The molecule has 0 saturated carbocycles. The molecule has 188 valence electrons. The van der Waals surface area contributed by atoms with Gasteiger partial charge in [-0.05, 0) is 79.7 Å². The Hall–Kier alpha value is -2.81. The molecule has 0 spiro atoms. The second kappa shape index (κ2) is 9.57. The van der Waals surface area contributed by atoms with Gasteiger partial charge in [0.15, 0.2) is 5.58 Å². The third-order valence-electron chi connectivity index (χ3n) is 7.88. The Balaban J connectivity index is 1.03. The molecule has 2 saturated heterocycles. The number of fused-ring (bicyclic) bond motifs is 2. The van der Waals surface area contributed by atoms with E-state index < -0.39 is 10.0 Å². The zero-order chi connectivity index (χ0) is 24.7. The lowest BCUT2D eigenvalue weighted by Crippen LogP contribution is -2.43. The van der Waals surface area contributed by atoms with Crippen LogP contribution in [0.3, 0.4) is 0 Å². The minimum Gasteiger partial charge on any atom is -0.356 e. The fourth-order valence-electron chi connectivity index (χ4n) is 5.79. The minimum atomic E-state index is -3.48. The zero-order valence-electron chi connectivity index (χ0n) is 20.1. The predicted octanol–water partition coefficient (Wildman–Crippen LogP) is 5.40. The summed E-state index contributed by atoms with van der Waals surface area (Å²) < 4.78 is 47.0. The van der Waals surface area contributed by atoms with Crippen molar-refractivity contribution in [1.82, 2.24) is 14.4 Å². The van der Waals surface area contributed by atoms with Crippen molar-refractivity contribution in [2.75, 3.05) is 32.7 Å². The number of halogens is 1. The number of rotatable bonds is 5. The Morgan fingerprint density at radius 1 is 0.889 bits per heavy atom. The number of benzene rings is 3. The molecule has 0 N–H and O–H groups in total. The average molecular weight is 508 g/mol. The Morgan fingerprint density at radius 3 is 2.42 bits per heavy atom. The molecule has 1 aromatic heterocycles. The van der Waals surface area contributed by atoms with E-state index in [1.54, 1.807) is 22.5 Å². The van der Waals surface area contributed by atoms with Crippen LogP contribution in [-0.2, 0) is 10.0 Å². The number of hydrogen-bond acceptors (Lipinski definition) is 5. The molecule has 3 aromatic carbocycles. The fraction of sp³-hybridized carbons (Fsp3) is 0.393.